The van der Waals surface area contributed by atoms with E-state index in [1.54, 1.807) is 0 Å². The summed E-state index contributed by atoms with van der Waals surface area (Å²) < 4.78 is 5.96. The van der Waals surface area contributed by atoms with Crippen molar-refractivity contribution in [3.63, 3.8) is 0 Å². The predicted molar refractivity (Wildman–Crippen MR) is 99.6 cm³/mol. The lowest BCUT2D eigenvalue weighted by atomic mass is 9.79. The second kappa shape index (κ2) is 5.65. The Morgan fingerprint density at radius 2 is 1.30 bits per heavy atom. The lowest BCUT2D eigenvalue weighted by molar-refractivity contribution is 0.236. The largest absolute Gasteiger partial charge is 0.475 e. The van der Waals surface area contributed by atoms with Gasteiger partial charge in [-0.05, 0) is 39.5 Å². The first-order valence-corrected chi connectivity index (χ1v) is 8.65. The molecule has 0 aromatic heterocycles. The molecule has 1 aromatic carbocycles. The molecule has 1 aliphatic heterocycles. The van der Waals surface area contributed by atoms with Crippen LogP contribution < -0.4 is 0 Å². The summed E-state index contributed by atoms with van der Waals surface area (Å²) in [6.07, 6.45) is 0. The molecule has 1 heterocycles. The summed E-state index contributed by atoms with van der Waals surface area (Å²) in [5.74, 6) is 0.807. The smallest absolute Gasteiger partial charge is 0.216 e. The van der Waals surface area contributed by atoms with Crippen molar-refractivity contribution < 1.29 is 4.74 Å². The first-order chi connectivity index (χ1) is 10.3. The van der Waals surface area contributed by atoms with E-state index in [1.807, 2.05) is 0 Å². The van der Waals surface area contributed by atoms with Crippen LogP contribution in [0.2, 0.25) is 0 Å². The van der Waals surface area contributed by atoms with Gasteiger partial charge < -0.3 is 4.74 Å². The lowest BCUT2D eigenvalue weighted by Crippen LogP contribution is -2.25. The molecule has 0 unspecified atom stereocenters. The Kier molecular flexibility index (Phi) is 4.43. The summed E-state index contributed by atoms with van der Waals surface area (Å²) in [6.45, 7) is 20.9. The Morgan fingerprint density at radius 3 is 1.65 bits per heavy atom. The van der Waals surface area contributed by atoms with E-state index in [4.69, 9.17) is 9.73 Å². The van der Waals surface area contributed by atoms with Crippen molar-refractivity contribution in [2.45, 2.75) is 79.2 Å². The third-order valence-corrected chi connectivity index (χ3v) is 4.56. The molecule has 0 amide bonds. The van der Waals surface area contributed by atoms with Crippen LogP contribution >= 0.6 is 0 Å². The molecule has 1 atom stereocenters. The topological polar surface area (TPSA) is 21.6 Å². The highest BCUT2D eigenvalue weighted by Gasteiger charge is 2.31. The Balaban J connectivity index is 2.51. The van der Waals surface area contributed by atoms with Crippen molar-refractivity contribution in [3.8, 4) is 0 Å². The minimum Gasteiger partial charge on any atom is -0.475 e. The maximum absolute atomic E-state index is 5.96. The van der Waals surface area contributed by atoms with Crippen LogP contribution in [0.3, 0.4) is 0 Å². The van der Waals surface area contributed by atoms with Gasteiger partial charge in [0, 0.05) is 5.56 Å². The second-order valence-electron chi connectivity index (χ2n) is 9.93. The summed E-state index contributed by atoms with van der Waals surface area (Å²) in [5.41, 5.74) is 4.15. The molecule has 0 aliphatic carbocycles. The van der Waals surface area contributed by atoms with Gasteiger partial charge in [-0.2, -0.15) is 0 Å². The van der Waals surface area contributed by atoms with Gasteiger partial charge in [0.05, 0.1) is 6.04 Å². The molecule has 0 bridgehead atoms. The molecule has 2 nitrogen and oxygen atoms in total. The van der Waals surface area contributed by atoms with Crippen LogP contribution in [-0.2, 0) is 15.6 Å². The van der Waals surface area contributed by atoms with Crippen LogP contribution in [0.4, 0.5) is 0 Å². The van der Waals surface area contributed by atoms with Crippen LogP contribution in [0.1, 0.15) is 79.0 Å². The van der Waals surface area contributed by atoms with Crippen molar-refractivity contribution in [1.29, 1.82) is 0 Å². The zero-order chi connectivity index (χ0) is 17.6. The molecule has 2 rings (SSSR count). The minimum absolute atomic E-state index is 0.110. The molecule has 1 aliphatic rings. The molecule has 0 fully saturated rings. The van der Waals surface area contributed by atoms with E-state index in [-0.39, 0.29) is 22.3 Å². The van der Waals surface area contributed by atoms with Gasteiger partial charge in [-0.15, -0.1) is 0 Å². The number of hydrogen-bond donors (Lipinski definition) is 0. The minimum atomic E-state index is 0.110. The van der Waals surface area contributed by atoms with E-state index in [0.29, 0.717) is 6.61 Å². The van der Waals surface area contributed by atoms with Gasteiger partial charge in [-0.3, -0.25) is 0 Å². The fourth-order valence-electron chi connectivity index (χ4n) is 2.59. The Labute approximate surface area is 142 Å². The van der Waals surface area contributed by atoms with Crippen molar-refractivity contribution in [2.24, 2.45) is 10.4 Å². The monoisotopic (exact) mass is 315 g/mol. The predicted octanol–water partition coefficient (Wildman–Crippen LogP) is 5.47. The van der Waals surface area contributed by atoms with E-state index >= 15 is 0 Å². The van der Waals surface area contributed by atoms with Crippen LogP contribution in [0.5, 0.6) is 0 Å². The number of aliphatic imine (C=N–C) groups is 1. The third-order valence-electron chi connectivity index (χ3n) is 4.56. The highest BCUT2D eigenvalue weighted by molar-refractivity contribution is 5.95. The molecule has 23 heavy (non-hydrogen) atoms. The molecule has 0 saturated heterocycles. The zero-order valence-electron chi connectivity index (χ0n) is 16.4. The average Bonchev–Trinajstić information content (AvgIpc) is 2.85. The van der Waals surface area contributed by atoms with Crippen LogP contribution in [0.25, 0.3) is 0 Å². The van der Waals surface area contributed by atoms with Gasteiger partial charge >= 0.3 is 0 Å². The van der Waals surface area contributed by atoms with Crippen molar-refractivity contribution >= 4 is 5.90 Å². The summed E-state index contributed by atoms with van der Waals surface area (Å²) in [4.78, 5) is 4.87. The first-order valence-electron chi connectivity index (χ1n) is 8.65. The summed E-state index contributed by atoms with van der Waals surface area (Å²) in [5, 5.41) is 0. The second-order valence-corrected chi connectivity index (χ2v) is 9.93. The fraction of sp³-hybridized carbons (Fsp3) is 0.667. The number of rotatable bonds is 1. The molecule has 2 heteroatoms. The summed E-state index contributed by atoms with van der Waals surface area (Å²) in [7, 11) is 0. The van der Waals surface area contributed by atoms with Crippen molar-refractivity contribution in [3.05, 3.63) is 34.9 Å². The zero-order valence-corrected chi connectivity index (χ0v) is 16.4. The van der Waals surface area contributed by atoms with Crippen LogP contribution in [0.15, 0.2) is 23.2 Å². The van der Waals surface area contributed by atoms with Gasteiger partial charge in [0.25, 0.3) is 0 Å². The van der Waals surface area contributed by atoms with E-state index in [9.17, 15) is 0 Å². The maximum Gasteiger partial charge on any atom is 0.216 e. The SMILES string of the molecule is CC(C)(C)c1cc(C2=N[C@H](C(C)(C)C)CO2)cc(C(C)(C)C)c1. The molecule has 1 aromatic rings. The van der Waals surface area contributed by atoms with Gasteiger partial charge in [-0.25, -0.2) is 4.99 Å². The van der Waals surface area contributed by atoms with E-state index < -0.39 is 0 Å². The van der Waals surface area contributed by atoms with Crippen molar-refractivity contribution in [1.82, 2.24) is 0 Å². The quantitative estimate of drug-likeness (QED) is 0.673. The standard InChI is InChI=1S/C21H33NO/c1-19(2,3)15-10-14(11-16(12-15)20(4,5)6)18-22-17(13-23-18)21(7,8)9/h10-12,17H,13H2,1-9H3/t17-/m0/s1. The van der Waals surface area contributed by atoms with Gasteiger partial charge in [0.1, 0.15) is 6.61 Å². The Morgan fingerprint density at radius 1 is 0.826 bits per heavy atom. The van der Waals surface area contributed by atoms with Gasteiger partial charge in [0.2, 0.25) is 5.90 Å². The maximum atomic E-state index is 5.96. The van der Waals surface area contributed by atoms with E-state index in [0.717, 1.165) is 11.5 Å². The van der Waals surface area contributed by atoms with Gasteiger partial charge in [-0.1, -0.05) is 68.4 Å². The highest BCUT2D eigenvalue weighted by Crippen LogP contribution is 2.32. The van der Waals surface area contributed by atoms with Gasteiger partial charge in [0.15, 0.2) is 0 Å². The molecule has 0 saturated carbocycles. The molecule has 128 valence electrons. The first kappa shape index (κ1) is 18.0. The highest BCUT2D eigenvalue weighted by atomic mass is 16.5. The molecular formula is C21H33NO. The summed E-state index contributed by atoms with van der Waals surface area (Å²) >= 11 is 0. The number of hydrogen-bond acceptors (Lipinski definition) is 2. The Hall–Kier alpha value is -1.31. The fourth-order valence-corrected chi connectivity index (χ4v) is 2.59. The Bertz CT molecular complexity index is 574. The molecular weight excluding hydrogens is 282 g/mol. The normalized spacial score (nSPS) is 19.5. The number of nitrogens with zero attached hydrogens (tertiary/aromatic N) is 1. The van der Waals surface area contributed by atoms with Crippen molar-refractivity contribution in [2.75, 3.05) is 6.61 Å². The molecule has 0 radical (unpaired) electrons. The number of benzene rings is 1. The van der Waals surface area contributed by atoms with Crippen LogP contribution in [0, 0.1) is 5.41 Å². The third kappa shape index (κ3) is 4.16. The van der Waals surface area contributed by atoms with Crippen LogP contribution in [-0.4, -0.2) is 18.5 Å². The molecule has 0 spiro atoms. The van der Waals surface area contributed by atoms with E-state index in [2.05, 4.69) is 80.5 Å². The number of ether oxygens (including phenoxy) is 1. The lowest BCUT2D eigenvalue weighted by Gasteiger charge is -2.26. The summed E-state index contributed by atoms with van der Waals surface area (Å²) in [6, 6.07) is 7.06. The molecule has 0 N–H and O–H groups in total. The van der Waals surface area contributed by atoms with E-state index in [1.165, 1.54) is 11.1 Å². The average molecular weight is 316 g/mol.